The number of hydrogen-bond donors (Lipinski definition) is 1. The molecular weight excluding hydrogens is 259 g/mol. The molecule has 2 N–H and O–H groups in total. The lowest BCUT2D eigenvalue weighted by atomic mass is 9.98. The highest BCUT2D eigenvalue weighted by atomic mass is 35.5. The van der Waals surface area contributed by atoms with Gasteiger partial charge in [0.25, 0.3) is 0 Å². The first-order valence-corrected chi connectivity index (χ1v) is 6.36. The molecule has 0 aliphatic carbocycles. The van der Waals surface area contributed by atoms with Crippen LogP contribution in [0.25, 0.3) is 0 Å². The quantitative estimate of drug-likeness (QED) is 0.900. The molecule has 1 aromatic carbocycles. The molecule has 0 spiro atoms. The largest absolute Gasteiger partial charge is 0.374 e. The van der Waals surface area contributed by atoms with Crippen LogP contribution < -0.4 is 5.73 Å². The fourth-order valence-electron chi connectivity index (χ4n) is 2.25. The van der Waals surface area contributed by atoms with Crippen LogP contribution in [0.3, 0.4) is 0 Å². The van der Waals surface area contributed by atoms with E-state index in [9.17, 15) is 0 Å². The molecule has 94 valence electrons. The number of nitrogens with zero attached hydrogens (tertiary/aromatic N) is 1. The number of ether oxygens (including phenoxy) is 1. The Morgan fingerprint density at radius 1 is 1.47 bits per heavy atom. The first kappa shape index (κ1) is 13.1. The smallest absolute Gasteiger partial charge is 0.0894 e. The maximum Gasteiger partial charge on any atom is 0.0894 e. The average molecular weight is 275 g/mol. The summed E-state index contributed by atoms with van der Waals surface area (Å²) < 4.78 is 5.69. The second-order valence-electron chi connectivity index (χ2n) is 4.21. The minimum Gasteiger partial charge on any atom is -0.374 e. The van der Waals surface area contributed by atoms with Crippen molar-refractivity contribution in [1.82, 2.24) is 4.90 Å². The SMILES string of the molecule is CN1CCOC(CN)C1c1cccc(Cl)c1Cl. The third kappa shape index (κ3) is 2.59. The minimum absolute atomic E-state index is 0.0373. The molecule has 1 fully saturated rings. The summed E-state index contributed by atoms with van der Waals surface area (Å²) in [7, 11) is 2.05. The summed E-state index contributed by atoms with van der Waals surface area (Å²) >= 11 is 12.3. The third-order valence-electron chi connectivity index (χ3n) is 3.14. The Morgan fingerprint density at radius 2 is 2.24 bits per heavy atom. The van der Waals surface area contributed by atoms with Gasteiger partial charge in [-0.05, 0) is 18.7 Å². The van der Waals surface area contributed by atoms with Gasteiger partial charge in [0.05, 0.1) is 28.8 Å². The van der Waals surface area contributed by atoms with Gasteiger partial charge in [-0.1, -0.05) is 35.3 Å². The summed E-state index contributed by atoms with van der Waals surface area (Å²) in [5, 5.41) is 1.16. The Labute approximate surface area is 111 Å². The lowest BCUT2D eigenvalue weighted by Gasteiger charge is -2.39. The van der Waals surface area contributed by atoms with Crippen LogP contribution in [0.4, 0.5) is 0 Å². The molecule has 1 aliphatic heterocycles. The molecule has 2 unspecified atom stereocenters. The van der Waals surface area contributed by atoms with Crippen LogP contribution in [0.2, 0.25) is 10.0 Å². The maximum absolute atomic E-state index is 6.26. The van der Waals surface area contributed by atoms with E-state index in [0.717, 1.165) is 12.1 Å². The van der Waals surface area contributed by atoms with Crippen LogP contribution >= 0.6 is 23.2 Å². The van der Waals surface area contributed by atoms with Gasteiger partial charge in [0.2, 0.25) is 0 Å². The molecule has 1 aromatic rings. The molecule has 0 radical (unpaired) electrons. The molecular formula is C12H16Cl2N2O. The first-order valence-electron chi connectivity index (χ1n) is 5.61. The Hall–Kier alpha value is -0.320. The molecule has 1 saturated heterocycles. The monoisotopic (exact) mass is 274 g/mol. The Kier molecular flexibility index (Phi) is 4.28. The van der Waals surface area contributed by atoms with Crippen molar-refractivity contribution in [1.29, 1.82) is 0 Å². The van der Waals surface area contributed by atoms with Gasteiger partial charge in [-0.2, -0.15) is 0 Å². The predicted octanol–water partition coefficient (Wildman–Crippen LogP) is 2.32. The van der Waals surface area contributed by atoms with Crippen molar-refractivity contribution in [2.45, 2.75) is 12.1 Å². The number of morpholine rings is 1. The van der Waals surface area contributed by atoms with Gasteiger partial charge in [0.15, 0.2) is 0 Å². The van der Waals surface area contributed by atoms with E-state index in [0.29, 0.717) is 23.2 Å². The first-order chi connectivity index (χ1) is 8.15. The van der Waals surface area contributed by atoms with Crippen LogP contribution in [-0.2, 0) is 4.74 Å². The zero-order chi connectivity index (χ0) is 12.4. The van der Waals surface area contributed by atoms with E-state index in [-0.39, 0.29) is 12.1 Å². The molecule has 0 amide bonds. The molecule has 3 nitrogen and oxygen atoms in total. The van der Waals surface area contributed by atoms with Crippen molar-refractivity contribution in [3.05, 3.63) is 33.8 Å². The molecule has 2 atom stereocenters. The van der Waals surface area contributed by atoms with Gasteiger partial charge in [0.1, 0.15) is 0 Å². The predicted molar refractivity (Wildman–Crippen MR) is 70.6 cm³/mol. The maximum atomic E-state index is 6.26. The van der Waals surface area contributed by atoms with Crippen molar-refractivity contribution in [2.24, 2.45) is 5.73 Å². The molecule has 5 heteroatoms. The Bertz CT molecular complexity index is 400. The van der Waals surface area contributed by atoms with Gasteiger partial charge in [0, 0.05) is 13.1 Å². The number of rotatable bonds is 2. The van der Waals surface area contributed by atoms with E-state index >= 15 is 0 Å². The van der Waals surface area contributed by atoms with E-state index in [4.69, 9.17) is 33.7 Å². The second kappa shape index (κ2) is 5.55. The van der Waals surface area contributed by atoms with Crippen molar-refractivity contribution < 1.29 is 4.74 Å². The Morgan fingerprint density at radius 3 is 2.94 bits per heavy atom. The number of nitrogens with two attached hydrogens (primary N) is 1. The molecule has 0 aromatic heterocycles. The minimum atomic E-state index is -0.0373. The van der Waals surface area contributed by atoms with Crippen LogP contribution in [0.5, 0.6) is 0 Å². The van der Waals surface area contributed by atoms with Crippen LogP contribution in [-0.4, -0.2) is 37.7 Å². The molecule has 1 heterocycles. The third-order valence-corrected chi connectivity index (χ3v) is 3.97. The molecule has 17 heavy (non-hydrogen) atoms. The summed E-state index contributed by atoms with van der Waals surface area (Å²) in [6.07, 6.45) is -0.0373. The van der Waals surface area contributed by atoms with Crippen molar-refractivity contribution >= 4 is 23.2 Å². The van der Waals surface area contributed by atoms with Crippen LogP contribution in [0, 0.1) is 0 Å². The molecule has 2 rings (SSSR count). The van der Waals surface area contributed by atoms with Crippen molar-refractivity contribution in [3.63, 3.8) is 0 Å². The summed E-state index contributed by atoms with van der Waals surface area (Å²) in [5.41, 5.74) is 6.74. The fraction of sp³-hybridized carbons (Fsp3) is 0.500. The van der Waals surface area contributed by atoms with Gasteiger partial charge >= 0.3 is 0 Å². The summed E-state index contributed by atoms with van der Waals surface area (Å²) in [4.78, 5) is 2.21. The van der Waals surface area contributed by atoms with Gasteiger partial charge in [-0.25, -0.2) is 0 Å². The van der Waals surface area contributed by atoms with E-state index in [2.05, 4.69) is 4.90 Å². The van der Waals surface area contributed by atoms with Gasteiger partial charge in [-0.15, -0.1) is 0 Å². The van der Waals surface area contributed by atoms with E-state index in [1.54, 1.807) is 6.07 Å². The van der Waals surface area contributed by atoms with Crippen molar-refractivity contribution in [2.75, 3.05) is 26.7 Å². The highest BCUT2D eigenvalue weighted by molar-refractivity contribution is 6.42. The number of likely N-dealkylation sites (N-methyl/N-ethyl adjacent to an activating group) is 1. The van der Waals surface area contributed by atoms with Gasteiger partial charge in [-0.3, -0.25) is 4.90 Å². The molecule has 1 aliphatic rings. The summed E-state index contributed by atoms with van der Waals surface area (Å²) in [5.74, 6) is 0. The number of halogens is 2. The van der Waals surface area contributed by atoms with Gasteiger partial charge < -0.3 is 10.5 Å². The molecule has 0 saturated carbocycles. The zero-order valence-electron chi connectivity index (χ0n) is 9.70. The second-order valence-corrected chi connectivity index (χ2v) is 5.00. The summed E-state index contributed by atoms with van der Waals surface area (Å²) in [6.45, 7) is 2.04. The van der Waals surface area contributed by atoms with Crippen molar-refractivity contribution in [3.8, 4) is 0 Å². The molecule has 0 bridgehead atoms. The highest BCUT2D eigenvalue weighted by Crippen LogP contribution is 2.36. The number of hydrogen-bond acceptors (Lipinski definition) is 3. The van der Waals surface area contributed by atoms with Crippen LogP contribution in [0.1, 0.15) is 11.6 Å². The van der Waals surface area contributed by atoms with Crippen LogP contribution in [0.15, 0.2) is 18.2 Å². The normalized spacial score (nSPS) is 26.1. The highest BCUT2D eigenvalue weighted by Gasteiger charge is 2.32. The summed E-state index contributed by atoms with van der Waals surface area (Å²) in [6, 6.07) is 5.74. The zero-order valence-corrected chi connectivity index (χ0v) is 11.2. The standard InChI is InChI=1S/C12H16Cl2N2O/c1-16-5-6-17-10(7-15)12(16)8-3-2-4-9(13)11(8)14/h2-4,10,12H,5-7,15H2,1H3. The van der Waals surface area contributed by atoms with E-state index < -0.39 is 0 Å². The van der Waals surface area contributed by atoms with E-state index in [1.165, 1.54) is 0 Å². The lowest BCUT2D eigenvalue weighted by Crippen LogP contribution is -2.46. The number of benzene rings is 1. The fourth-order valence-corrected chi connectivity index (χ4v) is 2.67. The van der Waals surface area contributed by atoms with E-state index in [1.807, 2.05) is 19.2 Å². The Balaban J connectivity index is 2.38. The average Bonchev–Trinajstić information content (AvgIpc) is 2.33. The topological polar surface area (TPSA) is 38.5 Å². The lowest BCUT2D eigenvalue weighted by molar-refractivity contribution is -0.0576.